The first-order valence-electron chi connectivity index (χ1n) is 10.4. The molecular formula is C23H39N5. The van der Waals surface area contributed by atoms with Gasteiger partial charge in [-0.25, -0.2) is 4.68 Å². The van der Waals surface area contributed by atoms with Gasteiger partial charge in [0.2, 0.25) is 0 Å². The number of tetrazole rings is 1. The molecule has 28 heavy (non-hydrogen) atoms. The largest absolute Gasteiger partial charge is 0.355 e. The summed E-state index contributed by atoms with van der Waals surface area (Å²) in [5.74, 6) is 0.736. The van der Waals surface area contributed by atoms with E-state index >= 15 is 0 Å². The topological polar surface area (TPSA) is 55.6 Å². The quantitative estimate of drug-likeness (QED) is 0.525. The Kier molecular flexibility index (Phi) is 17.4. The Labute approximate surface area is 172 Å². The molecule has 0 aliphatic heterocycles. The fourth-order valence-corrected chi connectivity index (χ4v) is 2.04. The third-order valence-electron chi connectivity index (χ3n) is 3.12. The number of hydrogen-bond donors (Lipinski definition) is 1. The zero-order valence-corrected chi connectivity index (χ0v) is 19.4. The molecule has 3 aromatic rings. The minimum absolute atomic E-state index is 0.736. The van der Waals surface area contributed by atoms with Crippen molar-refractivity contribution < 1.29 is 0 Å². The van der Waals surface area contributed by atoms with Gasteiger partial charge in [0.05, 0.1) is 0 Å². The predicted octanol–water partition coefficient (Wildman–Crippen LogP) is 7.03. The molecule has 0 saturated heterocycles. The van der Waals surface area contributed by atoms with E-state index in [2.05, 4.69) is 52.0 Å². The highest BCUT2D eigenvalue weighted by Gasteiger charge is 2.10. The summed E-state index contributed by atoms with van der Waals surface area (Å²) in [5.41, 5.74) is 4.23. The maximum Gasteiger partial charge on any atom is 0.183 e. The first kappa shape index (κ1) is 27.5. The average Bonchev–Trinajstić information content (AvgIpc) is 3.21. The van der Waals surface area contributed by atoms with Crippen LogP contribution >= 0.6 is 0 Å². The van der Waals surface area contributed by atoms with Crippen LogP contribution in [0.1, 0.15) is 61.0 Å². The van der Waals surface area contributed by atoms with Crippen molar-refractivity contribution in [3.8, 4) is 11.4 Å². The smallest absolute Gasteiger partial charge is 0.183 e. The number of anilines is 2. The van der Waals surface area contributed by atoms with Gasteiger partial charge in [0.1, 0.15) is 0 Å². The number of aryl methyl sites for hydroxylation is 2. The zero-order valence-electron chi connectivity index (χ0n) is 19.4. The number of rotatable bonds is 3. The van der Waals surface area contributed by atoms with Crippen LogP contribution in [0.15, 0.2) is 48.5 Å². The van der Waals surface area contributed by atoms with E-state index < -0.39 is 0 Å². The van der Waals surface area contributed by atoms with Crippen molar-refractivity contribution in [2.75, 3.05) is 5.32 Å². The summed E-state index contributed by atoms with van der Waals surface area (Å²) >= 11 is 0. The van der Waals surface area contributed by atoms with Crippen LogP contribution in [-0.4, -0.2) is 20.2 Å². The lowest BCUT2D eigenvalue weighted by atomic mass is 10.1. The molecule has 0 amide bonds. The third-order valence-corrected chi connectivity index (χ3v) is 3.12. The molecule has 0 aliphatic rings. The standard InChI is InChI=1S/C15H15N5.4C2H6/c1-11-7-9-12(10-8-11)16-14-6-4-3-5-13(14)15-17-18-19-20(15)2;4*1-2/h3-10,16H,1-2H3;4*1-2H3. The Bertz CT molecular complexity index is 718. The van der Waals surface area contributed by atoms with Gasteiger partial charge in [-0.1, -0.05) is 85.2 Å². The number of hydrogen-bond acceptors (Lipinski definition) is 4. The van der Waals surface area contributed by atoms with Crippen molar-refractivity contribution >= 4 is 11.4 Å². The molecule has 3 rings (SSSR count). The molecular weight excluding hydrogens is 346 g/mol. The molecule has 2 aromatic carbocycles. The highest BCUT2D eigenvalue weighted by atomic mass is 15.5. The van der Waals surface area contributed by atoms with Gasteiger partial charge in [-0.05, 0) is 41.6 Å². The summed E-state index contributed by atoms with van der Waals surface area (Å²) in [6.45, 7) is 18.1. The van der Waals surface area contributed by atoms with Crippen molar-refractivity contribution in [2.45, 2.75) is 62.3 Å². The molecule has 5 heteroatoms. The van der Waals surface area contributed by atoms with Gasteiger partial charge >= 0.3 is 0 Å². The maximum atomic E-state index is 4.06. The first-order valence-corrected chi connectivity index (χ1v) is 10.4. The van der Waals surface area contributed by atoms with Crippen molar-refractivity contribution in [1.29, 1.82) is 0 Å². The van der Waals surface area contributed by atoms with Crippen molar-refractivity contribution in [1.82, 2.24) is 20.2 Å². The second-order valence-electron chi connectivity index (χ2n) is 4.66. The van der Waals surface area contributed by atoms with Crippen molar-refractivity contribution in [2.24, 2.45) is 7.05 Å². The van der Waals surface area contributed by atoms with Gasteiger partial charge in [-0.3, -0.25) is 0 Å². The summed E-state index contributed by atoms with van der Waals surface area (Å²) in [6, 6.07) is 16.3. The number of nitrogens with zero attached hydrogens (tertiary/aromatic N) is 4. The molecule has 0 unspecified atom stereocenters. The lowest BCUT2D eigenvalue weighted by molar-refractivity contribution is 0.715. The van der Waals surface area contributed by atoms with Crippen molar-refractivity contribution in [3.05, 3.63) is 54.1 Å². The first-order chi connectivity index (χ1) is 13.7. The highest BCUT2D eigenvalue weighted by molar-refractivity contribution is 5.77. The molecule has 0 radical (unpaired) electrons. The minimum Gasteiger partial charge on any atom is -0.355 e. The molecule has 1 aromatic heterocycles. The lowest BCUT2D eigenvalue weighted by Gasteiger charge is -2.11. The summed E-state index contributed by atoms with van der Waals surface area (Å²) in [7, 11) is 1.83. The molecule has 0 aliphatic carbocycles. The van der Waals surface area contributed by atoms with Gasteiger partial charge in [0, 0.05) is 24.0 Å². The van der Waals surface area contributed by atoms with Crippen LogP contribution < -0.4 is 5.32 Å². The van der Waals surface area contributed by atoms with Gasteiger partial charge in [-0.2, -0.15) is 0 Å². The molecule has 0 bridgehead atoms. The summed E-state index contributed by atoms with van der Waals surface area (Å²) in [6.07, 6.45) is 0. The molecule has 0 spiro atoms. The molecule has 0 fully saturated rings. The monoisotopic (exact) mass is 385 g/mol. The summed E-state index contributed by atoms with van der Waals surface area (Å²) in [5, 5.41) is 15.0. The average molecular weight is 386 g/mol. The van der Waals surface area contributed by atoms with Crippen LogP contribution in [0.4, 0.5) is 11.4 Å². The Morgan fingerprint density at radius 2 is 1.29 bits per heavy atom. The fraction of sp³-hybridized carbons (Fsp3) is 0.435. The van der Waals surface area contributed by atoms with Gasteiger partial charge in [0.25, 0.3) is 0 Å². The number of nitrogens with one attached hydrogen (secondary N) is 1. The third kappa shape index (κ3) is 8.80. The number of para-hydroxylation sites is 1. The van der Waals surface area contributed by atoms with Crippen LogP contribution in [0.25, 0.3) is 11.4 Å². The molecule has 0 saturated carbocycles. The van der Waals surface area contributed by atoms with Crippen LogP contribution in [0.5, 0.6) is 0 Å². The lowest BCUT2D eigenvalue weighted by Crippen LogP contribution is -1.98. The number of benzene rings is 2. The number of aromatic nitrogens is 4. The SMILES string of the molecule is CC.CC.CC.CC.Cc1ccc(Nc2ccccc2-c2nnnn2C)cc1. The molecule has 0 atom stereocenters. The Morgan fingerprint density at radius 1 is 0.750 bits per heavy atom. The van der Waals surface area contributed by atoms with E-state index in [-0.39, 0.29) is 0 Å². The van der Waals surface area contributed by atoms with Gasteiger partial charge in [-0.15, -0.1) is 5.10 Å². The zero-order chi connectivity index (χ0) is 21.9. The Hall–Kier alpha value is -2.69. The van der Waals surface area contributed by atoms with Gasteiger partial charge < -0.3 is 5.32 Å². The van der Waals surface area contributed by atoms with E-state index in [0.717, 1.165) is 22.8 Å². The predicted molar refractivity (Wildman–Crippen MR) is 124 cm³/mol. The van der Waals surface area contributed by atoms with E-state index in [1.54, 1.807) is 4.68 Å². The molecule has 156 valence electrons. The summed E-state index contributed by atoms with van der Waals surface area (Å²) < 4.78 is 1.66. The van der Waals surface area contributed by atoms with E-state index in [4.69, 9.17) is 0 Å². The van der Waals surface area contributed by atoms with Crippen molar-refractivity contribution in [3.63, 3.8) is 0 Å². The fourth-order valence-electron chi connectivity index (χ4n) is 2.04. The van der Waals surface area contributed by atoms with E-state index in [0.29, 0.717) is 0 Å². The van der Waals surface area contributed by atoms with E-state index in [1.165, 1.54) is 5.56 Å². The summed E-state index contributed by atoms with van der Waals surface area (Å²) in [4.78, 5) is 0. The normalized spacial score (nSPS) is 8.36. The van der Waals surface area contributed by atoms with Crippen LogP contribution in [0.3, 0.4) is 0 Å². The highest BCUT2D eigenvalue weighted by Crippen LogP contribution is 2.28. The molecule has 5 nitrogen and oxygen atoms in total. The second-order valence-corrected chi connectivity index (χ2v) is 4.66. The van der Waals surface area contributed by atoms with Gasteiger partial charge in [0.15, 0.2) is 5.82 Å². The van der Waals surface area contributed by atoms with Crippen LogP contribution in [0.2, 0.25) is 0 Å². The molecule has 1 heterocycles. The van der Waals surface area contributed by atoms with Crippen LogP contribution in [0, 0.1) is 6.92 Å². The second kappa shape index (κ2) is 17.7. The Balaban J connectivity index is 0. The van der Waals surface area contributed by atoms with E-state index in [9.17, 15) is 0 Å². The van der Waals surface area contributed by atoms with E-state index in [1.807, 2.05) is 86.7 Å². The van der Waals surface area contributed by atoms with Crippen LogP contribution in [-0.2, 0) is 7.05 Å². The Morgan fingerprint density at radius 3 is 1.79 bits per heavy atom. The maximum absolute atomic E-state index is 4.06. The molecule has 1 N–H and O–H groups in total. The minimum atomic E-state index is 0.736.